The minimum atomic E-state index is 1.20. The largest absolute Gasteiger partial charge is 0.363 e. The Labute approximate surface area is 207 Å². The normalized spacial score (nSPS) is 16.9. The molecule has 2 aliphatic rings. The molecule has 0 aliphatic carbocycles. The van der Waals surface area contributed by atoms with Gasteiger partial charge in [0.25, 0.3) is 0 Å². The molecule has 2 aliphatic heterocycles. The summed E-state index contributed by atoms with van der Waals surface area (Å²) in [6.07, 6.45) is 5.29. The zero-order valence-electron chi connectivity index (χ0n) is 19.1. The fourth-order valence-corrected chi connectivity index (χ4v) is 8.67. The van der Waals surface area contributed by atoms with Gasteiger partial charge in [-0.15, -0.1) is 22.7 Å². The van der Waals surface area contributed by atoms with Gasteiger partial charge in [-0.2, -0.15) is 0 Å². The van der Waals surface area contributed by atoms with E-state index in [1.165, 1.54) is 114 Å². The van der Waals surface area contributed by atoms with E-state index in [9.17, 15) is 0 Å². The molecule has 2 saturated heterocycles. The summed E-state index contributed by atoms with van der Waals surface area (Å²) in [6.45, 7) is 4.82. The molecule has 0 spiro atoms. The maximum Gasteiger partial charge on any atom is 0.0921 e. The molecule has 2 nitrogen and oxygen atoms in total. The molecule has 0 unspecified atom stereocenters. The zero-order chi connectivity index (χ0) is 22.2. The number of nitrogens with zero attached hydrogens (tertiary/aromatic N) is 2. The monoisotopic (exact) mass is 478 g/mol. The predicted octanol–water partition coefficient (Wildman–Crippen LogP) is 8.78. The molecule has 0 radical (unpaired) electrons. The van der Waals surface area contributed by atoms with E-state index in [2.05, 4.69) is 70.5 Å². The highest BCUT2D eigenvalue weighted by Crippen LogP contribution is 2.43. The predicted molar refractivity (Wildman–Crippen MR) is 153 cm³/mol. The number of anilines is 2. The average molecular weight is 479 g/mol. The van der Waals surface area contributed by atoms with Crippen LogP contribution in [0.4, 0.5) is 10.0 Å². The van der Waals surface area contributed by atoms with Gasteiger partial charge in [0, 0.05) is 46.4 Å². The first kappa shape index (κ1) is 19.5. The highest BCUT2D eigenvalue weighted by atomic mass is 32.1. The van der Waals surface area contributed by atoms with E-state index in [4.69, 9.17) is 0 Å². The van der Waals surface area contributed by atoms with Gasteiger partial charge in [0.15, 0.2) is 0 Å². The van der Waals surface area contributed by atoms with Crippen LogP contribution in [0.25, 0.3) is 52.5 Å². The van der Waals surface area contributed by atoms with E-state index in [1.807, 2.05) is 22.7 Å². The van der Waals surface area contributed by atoms with Crippen LogP contribution in [0.3, 0.4) is 0 Å². The number of thiophene rings is 2. The molecule has 168 valence electrons. The lowest BCUT2D eigenvalue weighted by Crippen LogP contribution is -2.15. The van der Waals surface area contributed by atoms with Crippen LogP contribution in [0.2, 0.25) is 0 Å². The van der Waals surface area contributed by atoms with E-state index >= 15 is 0 Å². The van der Waals surface area contributed by atoms with Gasteiger partial charge in [-0.05, 0) is 70.1 Å². The average Bonchev–Trinajstić information content (AvgIpc) is 3.68. The molecule has 0 amide bonds. The topological polar surface area (TPSA) is 6.48 Å². The fourth-order valence-electron chi connectivity index (χ4n) is 6.19. The summed E-state index contributed by atoms with van der Waals surface area (Å²) in [5.41, 5.74) is 0. The Morgan fingerprint density at radius 1 is 0.441 bits per heavy atom. The highest BCUT2D eigenvalue weighted by Gasteiger charge is 2.18. The van der Waals surface area contributed by atoms with Gasteiger partial charge in [-0.3, -0.25) is 0 Å². The maximum atomic E-state index is 2.56. The van der Waals surface area contributed by atoms with Crippen molar-refractivity contribution in [3.05, 3.63) is 60.7 Å². The SMILES string of the molecule is c1cc2c3ccc4c(ccc5cc(N6CCCC6)sc54)c3ccc2c2sc(N3CCCC3)cc12. The van der Waals surface area contributed by atoms with Gasteiger partial charge in [0.05, 0.1) is 10.0 Å². The Balaban J connectivity index is 1.33. The van der Waals surface area contributed by atoms with Crippen LogP contribution in [-0.2, 0) is 0 Å². The van der Waals surface area contributed by atoms with Gasteiger partial charge < -0.3 is 9.80 Å². The van der Waals surface area contributed by atoms with E-state index in [1.54, 1.807) is 0 Å². The number of hydrogen-bond acceptors (Lipinski definition) is 4. The first-order valence-electron chi connectivity index (χ1n) is 12.6. The van der Waals surface area contributed by atoms with Crippen LogP contribution < -0.4 is 9.80 Å². The molecule has 4 heteroatoms. The number of fused-ring (bicyclic) bond motifs is 9. The molecule has 0 saturated carbocycles. The van der Waals surface area contributed by atoms with Crippen LogP contribution in [0.15, 0.2) is 60.7 Å². The van der Waals surface area contributed by atoms with Gasteiger partial charge in [-0.1, -0.05) is 48.5 Å². The van der Waals surface area contributed by atoms with Crippen LogP contribution in [0.5, 0.6) is 0 Å². The smallest absolute Gasteiger partial charge is 0.0921 e. The van der Waals surface area contributed by atoms with Gasteiger partial charge in [-0.25, -0.2) is 0 Å². The lowest BCUT2D eigenvalue weighted by molar-refractivity contribution is 0.949. The molecule has 0 N–H and O–H groups in total. The van der Waals surface area contributed by atoms with E-state index in [-0.39, 0.29) is 0 Å². The molecule has 2 aromatic heterocycles. The summed E-state index contributed by atoms with van der Waals surface area (Å²) in [7, 11) is 0. The first-order chi connectivity index (χ1) is 16.8. The third-order valence-electron chi connectivity index (χ3n) is 7.96. The second-order valence-electron chi connectivity index (χ2n) is 9.94. The van der Waals surface area contributed by atoms with Crippen molar-refractivity contribution in [2.75, 3.05) is 36.0 Å². The summed E-state index contributed by atoms with van der Waals surface area (Å²) in [5, 5.41) is 13.9. The highest BCUT2D eigenvalue weighted by molar-refractivity contribution is 7.24. The molecule has 4 aromatic carbocycles. The van der Waals surface area contributed by atoms with E-state index < -0.39 is 0 Å². The fraction of sp³-hybridized carbons (Fsp3) is 0.267. The first-order valence-corrected chi connectivity index (χ1v) is 14.2. The van der Waals surface area contributed by atoms with Gasteiger partial charge >= 0.3 is 0 Å². The zero-order valence-corrected chi connectivity index (χ0v) is 20.8. The van der Waals surface area contributed by atoms with Gasteiger partial charge in [0.1, 0.15) is 0 Å². The number of hydrogen-bond donors (Lipinski definition) is 0. The van der Waals surface area contributed by atoms with Crippen molar-refractivity contribution in [2.24, 2.45) is 0 Å². The summed E-state index contributed by atoms with van der Waals surface area (Å²) in [5.74, 6) is 0. The van der Waals surface area contributed by atoms with Crippen molar-refractivity contribution < 1.29 is 0 Å². The van der Waals surface area contributed by atoms with Crippen molar-refractivity contribution in [3.8, 4) is 0 Å². The van der Waals surface area contributed by atoms with E-state index in [0.29, 0.717) is 0 Å². The molecular weight excluding hydrogens is 452 g/mol. The third kappa shape index (κ3) is 2.79. The summed E-state index contributed by atoms with van der Waals surface area (Å²) in [4.78, 5) is 5.13. The molecule has 8 rings (SSSR count). The number of rotatable bonds is 2. The Kier molecular flexibility index (Phi) is 4.20. The lowest BCUT2D eigenvalue weighted by Gasteiger charge is -2.13. The molecule has 0 atom stereocenters. The molecule has 34 heavy (non-hydrogen) atoms. The van der Waals surface area contributed by atoms with Crippen molar-refractivity contribution in [1.82, 2.24) is 0 Å². The van der Waals surface area contributed by atoms with Crippen molar-refractivity contribution in [1.29, 1.82) is 0 Å². The molecule has 0 bridgehead atoms. The Morgan fingerprint density at radius 3 is 1.24 bits per heavy atom. The van der Waals surface area contributed by atoms with Crippen molar-refractivity contribution in [2.45, 2.75) is 25.7 Å². The molecule has 4 heterocycles. The van der Waals surface area contributed by atoms with Crippen LogP contribution in [-0.4, -0.2) is 26.2 Å². The quantitative estimate of drug-likeness (QED) is 0.229. The second-order valence-corrected chi connectivity index (χ2v) is 12.0. The molecular formula is C30H26N2S2. The standard InChI is InChI=1S/C30H26N2S2/c1-2-14-31(13-1)27-17-19-5-7-23-21-10-12-26-24(22(21)9-11-25(23)29(19)33-27)8-6-20-18-28(34-30(20)26)32-15-3-4-16-32/h5-12,17-18H,1-4,13-16H2. The Bertz CT molecular complexity index is 1600. The summed E-state index contributed by atoms with van der Waals surface area (Å²) >= 11 is 3.95. The Hall–Kier alpha value is -2.82. The van der Waals surface area contributed by atoms with Gasteiger partial charge in [0.2, 0.25) is 0 Å². The third-order valence-corrected chi connectivity index (χ3v) is 10.5. The maximum absolute atomic E-state index is 2.56. The minimum Gasteiger partial charge on any atom is -0.363 e. The van der Waals surface area contributed by atoms with Crippen molar-refractivity contribution >= 4 is 85.2 Å². The van der Waals surface area contributed by atoms with E-state index in [0.717, 1.165) is 0 Å². The lowest BCUT2D eigenvalue weighted by atomic mass is 9.96. The second kappa shape index (κ2) is 7.34. The summed E-state index contributed by atoms with van der Waals surface area (Å²) in [6, 6.07) is 23.7. The minimum absolute atomic E-state index is 1.20. The van der Waals surface area contributed by atoms with Crippen LogP contribution >= 0.6 is 22.7 Å². The van der Waals surface area contributed by atoms with Crippen LogP contribution in [0.1, 0.15) is 25.7 Å². The molecule has 2 fully saturated rings. The molecule has 6 aromatic rings. The van der Waals surface area contributed by atoms with Crippen molar-refractivity contribution in [3.63, 3.8) is 0 Å². The van der Waals surface area contributed by atoms with Crippen LogP contribution in [0, 0.1) is 0 Å². The number of benzene rings is 4. The Morgan fingerprint density at radius 2 is 0.794 bits per heavy atom. The summed E-state index contributed by atoms with van der Waals surface area (Å²) < 4.78 is 2.87.